The van der Waals surface area contributed by atoms with Crippen molar-refractivity contribution in [2.75, 3.05) is 27.2 Å². The van der Waals surface area contributed by atoms with Crippen molar-refractivity contribution < 1.29 is 0 Å². The molecule has 114 valence electrons. The lowest BCUT2D eigenvalue weighted by atomic mass is 10.0. The molecule has 0 unspecified atom stereocenters. The van der Waals surface area contributed by atoms with Crippen LogP contribution in [-0.2, 0) is 13.6 Å². The topological polar surface area (TPSA) is 11.4 Å². The lowest BCUT2D eigenvalue weighted by Crippen LogP contribution is -2.44. The van der Waals surface area contributed by atoms with Crippen molar-refractivity contribution >= 4 is 10.9 Å². The first-order valence-corrected chi connectivity index (χ1v) is 7.98. The van der Waals surface area contributed by atoms with Crippen molar-refractivity contribution in [1.82, 2.24) is 14.4 Å². The normalized spacial score (nSPS) is 20.5. The Morgan fingerprint density at radius 3 is 2.81 bits per heavy atom. The number of aryl methyl sites for hydroxylation is 2. The van der Waals surface area contributed by atoms with Gasteiger partial charge in [-0.05, 0) is 58.6 Å². The van der Waals surface area contributed by atoms with Gasteiger partial charge in [0.1, 0.15) is 0 Å². The molecule has 3 nitrogen and oxygen atoms in total. The second kappa shape index (κ2) is 5.82. The number of benzene rings is 1. The van der Waals surface area contributed by atoms with E-state index in [1.54, 1.807) is 0 Å². The molecule has 0 amide bonds. The molecule has 0 bridgehead atoms. The van der Waals surface area contributed by atoms with Crippen molar-refractivity contribution in [2.45, 2.75) is 32.4 Å². The molecule has 1 aromatic carbocycles. The molecule has 0 saturated carbocycles. The van der Waals surface area contributed by atoms with E-state index in [1.165, 1.54) is 48.1 Å². The number of hydrogen-bond acceptors (Lipinski definition) is 2. The van der Waals surface area contributed by atoms with Gasteiger partial charge in [-0.25, -0.2) is 0 Å². The Bertz CT molecular complexity index is 627. The fraction of sp³-hybridized carbons (Fsp3) is 0.556. The zero-order chi connectivity index (χ0) is 15.0. The fourth-order valence-electron chi connectivity index (χ4n) is 3.50. The van der Waals surface area contributed by atoms with Gasteiger partial charge >= 0.3 is 0 Å². The van der Waals surface area contributed by atoms with Gasteiger partial charge in [-0.3, -0.25) is 4.90 Å². The Labute approximate surface area is 128 Å². The fourth-order valence-corrected chi connectivity index (χ4v) is 3.50. The average Bonchev–Trinajstić information content (AvgIpc) is 2.75. The van der Waals surface area contributed by atoms with Crippen LogP contribution < -0.4 is 0 Å². The molecule has 0 radical (unpaired) electrons. The largest absolute Gasteiger partial charge is 0.346 e. The summed E-state index contributed by atoms with van der Waals surface area (Å²) in [5.41, 5.74) is 4.11. The molecular formula is C18H27N3. The summed E-state index contributed by atoms with van der Waals surface area (Å²) in [6, 6.07) is 9.80. The SMILES string of the molecule is Cc1ccc2c(c1)cc(CN1CCC[C@@H](N(C)C)C1)n2C. The number of hydrogen-bond donors (Lipinski definition) is 0. The van der Waals surface area contributed by atoms with Gasteiger partial charge in [0.15, 0.2) is 0 Å². The maximum Gasteiger partial charge on any atom is 0.0480 e. The molecule has 2 heterocycles. The summed E-state index contributed by atoms with van der Waals surface area (Å²) < 4.78 is 2.36. The van der Waals surface area contributed by atoms with Crippen LogP contribution in [0, 0.1) is 6.92 Å². The number of likely N-dealkylation sites (tertiary alicyclic amines) is 1. The van der Waals surface area contributed by atoms with E-state index in [9.17, 15) is 0 Å². The Kier molecular flexibility index (Phi) is 4.05. The van der Waals surface area contributed by atoms with Gasteiger partial charge in [-0.1, -0.05) is 11.6 Å². The van der Waals surface area contributed by atoms with Crippen LogP contribution in [-0.4, -0.2) is 47.6 Å². The molecule has 0 spiro atoms. The molecule has 3 heteroatoms. The highest BCUT2D eigenvalue weighted by atomic mass is 15.2. The zero-order valence-corrected chi connectivity index (χ0v) is 13.8. The molecule has 21 heavy (non-hydrogen) atoms. The van der Waals surface area contributed by atoms with Crippen molar-refractivity contribution in [1.29, 1.82) is 0 Å². The third-order valence-electron chi connectivity index (χ3n) is 4.89. The van der Waals surface area contributed by atoms with E-state index in [0.29, 0.717) is 6.04 Å². The summed E-state index contributed by atoms with van der Waals surface area (Å²) in [6.45, 7) is 5.64. The minimum absolute atomic E-state index is 0.704. The average molecular weight is 285 g/mol. The van der Waals surface area contributed by atoms with E-state index in [0.717, 1.165) is 6.54 Å². The number of nitrogens with zero attached hydrogens (tertiary/aromatic N) is 3. The Morgan fingerprint density at radius 2 is 2.05 bits per heavy atom. The molecular weight excluding hydrogens is 258 g/mol. The van der Waals surface area contributed by atoms with Crippen molar-refractivity contribution in [3.05, 3.63) is 35.5 Å². The molecule has 1 aliphatic rings. The highest BCUT2D eigenvalue weighted by Crippen LogP contribution is 2.23. The maximum absolute atomic E-state index is 2.61. The lowest BCUT2D eigenvalue weighted by molar-refractivity contribution is 0.126. The van der Waals surface area contributed by atoms with E-state index in [2.05, 4.69) is 66.7 Å². The Hall–Kier alpha value is -1.32. The van der Waals surface area contributed by atoms with Crippen LogP contribution in [0.3, 0.4) is 0 Å². The minimum Gasteiger partial charge on any atom is -0.346 e. The van der Waals surface area contributed by atoms with Crippen LogP contribution in [0.2, 0.25) is 0 Å². The first-order valence-electron chi connectivity index (χ1n) is 7.98. The smallest absolute Gasteiger partial charge is 0.0480 e. The van der Waals surface area contributed by atoms with Crippen molar-refractivity contribution in [3.8, 4) is 0 Å². The molecule has 0 aliphatic carbocycles. The summed E-state index contributed by atoms with van der Waals surface area (Å²) >= 11 is 0. The summed E-state index contributed by atoms with van der Waals surface area (Å²) in [6.07, 6.45) is 2.64. The van der Waals surface area contributed by atoms with Gasteiger partial charge in [0, 0.05) is 42.8 Å². The summed E-state index contributed by atoms with van der Waals surface area (Å²) in [5, 5.41) is 1.37. The first kappa shape index (κ1) is 14.6. The predicted molar refractivity (Wildman–Crippen MR) is 89.6 cm³/mol. The van der Waals surface area contributed by atoms with Gasteiger partial charge in [-0.2, -0.15) is 0 Å². The summed E-state index contributed by atoms with van der Waals surface area (Å²) in [5.74, 6) is 0. The van der Waals surface area contributed by atoms with E-state index < -0.39 is 0 Å². The van der Waals surface area contributed by atoms with Crippen LogP contribution in [0.1, 0.15) is 24.1 Å². The van der Waals surface area contributed by atoms with Gasteiger partial charge in [0.25, 0.3) is 0 Å². The van der Waals surface area contributed by atoms with Crippen molar-refractivity contribution in [2.24, 2.45) is 7.05 Å². The molecule has 1 aromatic heterocycles. The summed E-state index contributed by atoms with van der Waals surface area (Å²) in [4.78, 5) is 4.98. The quantitative estimate of drug-likeness (QED) is 0.859. The van der Waals surface area contributed by atoms with E-state index in [4.69, 9.17) is 0 Å². The molecule has 1 atom stereocenters. The molecule has 0 N–H and O–H groups in total. The predicted octanol–water partition coefficient (Wildman–Crippen LogP) is 3.01. The minimum atomic E-state index is 0.704. The van der Waals surface area contributed by atoms with Gasteiger partial charge in [-0.15, -0.1) is 0 Å². The monoisotopic (exact) mass is 285 g/mol. The summed E-state index contributed by atoms with van der Waals surface area (Å²) in [7, 11) is 6.60. The van der Waals surface area contributed by atoms with Gasteiger partial charge in [0.05, 0.1) is 0 Å². The van der Waals surface area contributed by atoms with E-state index in [-0.39, 0.29) is 0 Å². The molecule has 1 fully saturated rings. The van der Waals surface area contributed by atoms with E-state index >= 15 is 0 Å². The Morgan fingerprint density at radius 1 is 1.24 bits per heavy atom. The van der Waals surface area contributed by atoms with Crippen LogP contribution in [0.5, 0.6) is 0 Å². The van der Waals surface area contributed by atoms with Crippen LogP contribution in [0.25, 0.3) is 10.9 Å². The number of aromatic nitrogens is 1. The Balaban J connectivity index is 1.80. The number of likely N-dealkylation sites (N-methyl/N-ethyl adjacent to an activating group) is 1. The molecule has 1 saturated heterocycles. The number of rotatable bonds is 3. The van der Waals surface area contributed by atoms with Gasteiger partial charge < -0.3 is 9.47 Å². The maximum atomic E-state index is 2.61. The van der Waals surface area contributed by atoms with Crippen LogP contribution in [0.15, 0.2) is 24.3 Å². The standard InChI is InChI=1S/C18H27N3/c1-14-7-8-18-15(10-14)11-17(20(18)4)13-21-9-5-6-16(12-21)19(2)3/h7-8,10-11,16H,5-6,9,12-13H2,1-4H3/t16-/m1/s1. The van der Waals surface area contributed by atoms with Crippen molar-refractivity contribution in [3.63, 3.8) is 0 Å². The lowest BCUT2D eigenvalue weighted by Gasteiger charge is -2.36. The van der Waals surface area contributed by atoms with Crippen LogP contribution >= 0.6 is 0 Å². The number of fused-ring (bicyclic) bond motifs is 1. The van der Waals surface area contributed by atoms with E-state index in [1.807, 2.05) is 0 Å². The first-order chi connectivity index (χ1) is 10.0. The molecule has 1 aliphatic heterocycles. The second-order valence-electron chi connectivity index (χ2n) is 6.75. The number of piperidine rings is 1. The zero-order valence-electron chi connectivity index (χ0n) is 13.8. The second-order valence-corrected chi connectivity index (χ2v) is 6.75. The molecule has 2 aromatic rings. The van der Waals surface area contributed by atoms with Gasteiger partial charge in [0.2, 0.25) is 0 Å². The third kappa shape index (κ3) is 2.99. The highest BCUT2D eigenvalue weighted by molar-refractivity contribution is 5.82. The third-order valence-corrected chi connectivity index (χ3v) is 4.89. The molecule has 3 rings (SSSR count). The van der Waals surface area contributed by atoms with Crippen LogP contribution in [0.4, 0.5) is 0 Å². The highest BCUT2D eigenvalue weighted by Gasteiger charge is 2.22.